The van der Waals surface area contributed by atoms with Crippen LogP contribution in [0.25, 0.3) is 0 Å². The molecule has 0 aromatic carbocycles. The molecular formula is C7H13NO5S. The first-order valence-electron chi connectivity index (χ1n) is 3.97. The van der Waals surface area contributed by atoms with Crippen LogP contribution in [-0.4, -0.2) is 44.0 Å². The number of carbonyl (C=O) groups is 2. The lowest BCUT2D eigenvalue weighted by Crippen LogP contribution is -2.30. The molecule has 1 amide bonds. The van der Waals surface area contributed by atoms with Crippen molar-refractivity contribution in [2.75, 3.05) is 18.6 Å². The number of carbonyl (C=O) groups excluding carboxylic acids is 1. The largest absolute Gasteiger partial charge is 0.481 e. The Balaban J connectivity index is 3.61. The van der Waals surface area contributed by atoms with E-state index in [-0.39, 0.29) is 13.0 Å². The Bertz CT molecular complexity index is 308. The first-order valence-corrected chi connectivity index (χ1v) is 6.03. The standard InChI is InChI=1S/C7H13NO5S/c1-14(12,13)5-6(9)8-4-2-3-7(10)11/h2-5H2,1H3,(H,8,9)(H,10,11). The number of sulfone groups is 1. The molecule has 0 aliphatic heterocycles. The van der Waals surface area contributed by atoms with E-state index >= 15 is 0 Å². The Morgan fingerprint density at radius 2 is 1.93 bits per heavy atom. The molecule has 82 valence electrons. The molecule has 0 aliphatic rings. The molecule has 0 radical (unpaired) electrons. The highest BCUT2D eigenvalue weighted by molar-refractivity contribution is 7.91. The van der Waals surface area contributed by atoms with E-state index in [2.05, 4.69) is 5.32 Å². The lowest BCUT2D eigenvalue weighted by Gasteiger charge is -2.02. The smallest absolute Gasteiger partial charge is 0.303 e. The summed E-state index contributed by atoms with van der Waals surface area (Å²) in [7, 11) is -3.31. The lowest BCUT2D eigenvalue weighted by atomic mass is 10.3. The van der Waals surface area contributed by atoms with Crippen molar-refractivity contribution < 1.29 is 23.1 Å². The van der Waals surface area contributed by atoms with Crippen molar-refractivity contribution >= 4 is 21.7 Å². The molecule has 0 aliphatic carbocycles. The van der Waals surface area contributed by atoms with Gasteiger partial charge in [0.2, 0.25) is 5.91 Å². The van der Waals surface area contributed by atoms with E-state index in [1.165, 1.54) is 0 Å². The van der Waals surface area contributed by atoms with Crippen molar-refractivity contribution in [2.24, 2.45) is 0 Å². The monoisotopic (exact) mass is 223 g/mol. The topological polar surface area (TPSA) is 101 Å². The number of nitrogens with one attached hydrogen (secondary N) is 1. The Morgan fingerprint density at radius 1 is 1.36 bits per heavy atom. The first-order chi connectivity index (χ1) is 6.31. The summed E-state index contributed by atoms with van der Waals surface area (Å²) in [5.41, 5.74) is 0. The van der Waals surface area contributed by atoms with Crippen LogP contribution in [0.5, 0.6) is 0 Å². The fraction of sp³-hybridized carbons (Fsp3) is 0.714. The summed E-state index contributed by atoms with van der Waals surface area (Å²) < 4.78 is 21.3. The molecule has 2 N–H and O–H groups in total. The zero-order chi connectivity index (χ0) is 11.2. The van der Waals surface area contributed by atoms with Crippen molar-refractivity contribution in [3.8, 4) is 0 Å². The highest BCUT2D eigenvalue weighted by Gasteiger charge is 2.09. The summed E-state index contributed by atoms with van der Waals surface area (Å²) in [6.45, 7) is 0.181. The molecule has 0 spiro atoms. The molecule has 7 heteroatoms. The molecular weight excluding hydrogens is 210 g/mol. The molecule has 0 bridgehead atoms. The van der Waals surface area contributed by atoms with Gasteiger partial charge in [0.25, 0.3) is 0 Å². The third kappa shape index (κ3) is 8.98. The van der Waals surface area contributed by atoms with Gasteiger partial charge in [-0.2, -0.15) is 0 Å². The second-order valence-corrected chi connectivity index (χ2v) is 5.06. The highest BCUT2D eigenvalue weighted by Crippen LogP contribution is 1.87. The minimum absolute atomic E-state index is 0.0425. The van der Waals surface area contributed by atoms with Crippen molar-refractivity contribution in [1.29, 1.82) is 0 Å². The zero-order valence-electron chi connectivity index (χ0n) is 7.82. The number of amides is 1. The Hall–Kier alpha value is -1.11. The van der Waals surface area contributed by atoms with E-state index < -0.39 is 27.5 Å². The summed E-state index contributed by atoms with van der Waals surface area (Å²) in [5.74, 6) is -2.10. The predicted molar refractivity (Wildman–Crippen MR) is 49.6 cm³/mol. The van der Waals surface area contributed by atoms with Crippen molar-refractivity contribution in [2.45, 2.75) is 12.8 Å². The average Bonchev–Trinajstić information content (AvgIpc) is 1.94. The molecule has 0 aromatic rings. The van der Waals surface area contributed by atoms with E-state index in [1.54, 1.807) is 0 Å². The molecule has 0 unspecified atom stereocenters. The van der Waals surface area contributed by atoms with Gasteiger partial charge in [-0.15, -0.1) is 0 Å². The van der Waals surface area contributed by atoms with Crippen molar-refractivity contribution in [3.63, 3.8) is 0 Å². The number of aliphatic carboxylic acids is 1. The van der Waals surface area contributed by atoms with Gasteiger partial charge in [0.1, 0.15) is 5.75 Å². The van der Waals surface area contributed by atoms with Crippen LogP contribution >= 0.6 is 0 Å². The second kappa shape index (κ2) is 5.58. The molecule has 0 heterocycles. The zero-order valence-corrected chi connectivity index (χ0v) is 8.63. The maximum Gasteiger partial charge on any atom is 0.303 e. The van der Waals surface area contributed by atoms with Gasteiger partial charge in [-0.3, -0.25) is 9.59 Å². The third-order valence-corrected chi connectivity index (χ3v) is 2.07. The van der Waals surface area contributed by atoms with Gasteiger partial charge in [0.05, 0.1) is 0 Å². The van der Waals surface area contributed by atoms with Gasteiger partial charge >= 0.3 is 5.97 Å². The fourth-order valence-electron chi connectivity index (χ4n) is 0.757. The van der Waals surface area contributed by atoms with Crippen LogP contribution in [0.2, 0.25) is 0 Å². The van der Waals surface area contributed by atoms with Crippen LogP contribution in [0.4, 0.5) is 0 Å². The number of carboxylic acid groups (broad SMARTS) is 1. The lowest BCUT2D eigenvalue weighted by molar-refractivity contribution is -0.137. The fourth-order valence-corrected chi connectivity index (χ4v) is 1.33. The number of hydrogen-bond acceptors (Lipinski definition) is 4. The maximum absolute atomic E-state index is 10.9. The van der Waals surface area contributed by atoms with Crippen molar-refractivity contribution in [1.82, 2.24) is 5.32 Å². The molecule has 0 rings (SSSR count). The van der Waals surface area contributed by atoms with Gasteiger partial charge in [-0.1, -0.05) is 0 Å². The molecule has 14 heavy (non-hydrogen) atoms. The summed E-state index contributed by atoms with van der Waals surface area (Å²) in [6.07, 6.45) is 1.22. The molecule has 0 aromatic heterocycles. The SMILES string of the molecule is CS(=O)(=O)CC(=O)NCCCC(=O)O. The van der Waals surface area contributed by atoms with Crippen LogP contribution in [0.15, 0.2) is 0 Å². The van der Waals surface area contributed by atoms with Crippen LogP contribution in [0, 0.1) is 0 Å². The van der Waals surface area contributed by atoms with Crippen LogP contribution in [-0.2, 0) is 19.4 Å². The van der Waals surface area contributed by atoms with E-state index in [0.29, 0.717) is 6.42 Å². The predicted octanol–water partition coefficient (Wildman–Crippen LogP) is -0.988. The highest BCUT2D eigenvalue weighted by atomic mass is 32.2. The van der Waals surface area contributed by atoms with Gasteiger partial charge in [-0.05, 0) is 6.42 Å². The summed E-state index contributed by atoms with van der Waals surface area (Å²) in [5, 5.41) is 10.6. The summed E-state index contributed by atoms with van der Waals surface area (Å²) >= 11 is 0. The first kappa shape index (κ1) is 12.9. The van der Waals surface area contributed by atoms with E-state index in [1.807, 2.05) is 0 Å². The van der Waals surface area contributed by atoms with Gasteiger partial charge in [-0.25, -0.2) is 8.42 Å². The Morgan fingerprint density at radius 3 is 2.36 bits per heavy atom. The minimum atomic E-state index is -3.31. The average molecular weight is 223 g/mol. The molecule has 0 saturated heterocycles. The summed E-state index contributed by atoms with van der Waals surface area (Å²) in [6, 6.07) is 0. The van der Waals surface area contributed by atoms with Crippen molar-refractivity contribution in [3.05, 3.63) is 0 Å². The number of rotatable bonds is 6. The molecule has 0 fully saturated rings. The third-order valence-electron chi connectivity index (χ3n) is 1.28. The Kier molecular flexibility index (Phi) is 5.14. The quantitative estimate of drug-likeness (QED) is 0.563. The van der Waals surface area contributed by atoms with Crippen LogP contribution < -0.4 is 5.32 Å². The number of carboxylic acids is 1. The van der Waals surface area contributed by atoms with Gasteiger partial charge in [0, 0.05) is 19.2 Å². The Labute approximate surface area is 82.2 Å². The van der Waals surface area contributed by atoms with Crippen LogP contribution in [0.3, 0.4) is 0 Å². The minimum Gasteiger partial charge on any atom is -0.481 e. The van der Waals surface area contributed by atoms with E-state index in [4.69, 9.17) is 5.11 Å². The molecule has 0 saturated carbocycles. The maximum atomic E-state index is 10.9. The normalized spacial score (nSPS) is 10.9. The second-order valence-electron chi connectivity index (χ2n) is 2.92. The van der Waals surface area contributed by atoms with Gasteiger partial charge < -0.3 is 10.4 Å². The summed E-state index contributed by atoms with van der Waals surface area (Å²) in [4.78, 5) is 20.9. The van der Waals surface area contributed by atoms with E-state index in [0.717, 1.165) is 6.26 Å². The molecule has 0 atom stereocenters. The van der Waals surface area contributed by atoms with Crippen LogP contribution in [0.1, 0.15) is 12.8 Å². The van der Waals surface area contributed by atoms with E-state index in [9.17, 15) is 18.0 Å². The number of hydrogen-bond donors (Lipinski definition) is 2. The molecule has 6 nitrogen and oxygen atoms in total. The van der Waals surface area contributed by atoms with Gasteiger partial charge in [0.15, 0.2) is 9.84 Å².